The summed E-state index contributed by atoms with van der Waals surface area (Å²) in [5.74, 6) is 2.03. The molecule has 0 aliphatic rings. The average molecular weight is 331 g/mol. The van der Waals surface area contributed by atoms with Gasteiger partial charge in [-0.05, 0) is 25.1 Å². The second kappa shape index (κ2) is 8.71. The number of carbonyl (C=O) groups excluding carboxylic acids is 1. The van der Waals surface area contributed by atoms with Crippen LogP contribution in [0.5, 0.6) is 11.5 Å². The second-order valence-corrected chi connectivity index (χ2v) is 4.90. The van der Waals surface area contributed by atoms with Crippen molar-refractivity contribution >= 4 is 5.91 Å². The van der Waals surface area contributed by atoms with E-state index in [1.807, 2.05) is 13.0 Å². The van der Waals surface area contributed by atoms with Crippen molar-refractivity contribution < 1.29 is 18.8 Å². The molecule has 0 radical (unpaired) electrons. The fourth-order valence-corrected chi connectivity index (χ4v) is 2.05. The highest BCUT2D eigenvalue weighted by Crippen LogP contribution is 2.31. The van der Waals surface area contributed by atoms with E-state index in [1.165, 1.54) is 0 Å². The molecule has 1 aromatic carbocycles. The third-order valence-corrected chi connectivity index (χ3v) is 3.20. The third-order valence-electron chi connectivity index (χ3n) is 3.20. The minimum atomic E-state index is -0.0858. The van der Waals surface area contributed by atoms with Crippen molar-refractivity contribution in [2.75, 3.05) is 20.3 Å². The minimum absolute atomic E-state index is 0.0858. The molecule has 0 unspecified atom stereocenters. The summed E-state index contributed by atoms with van der Waals surface area (Å²) < 4.78 is 16.0. The summed E-state index contributed by atoms with van der Waals surface area (Å²) >= 11 is 0. The van der Waals surface area contributed by atoms with E-state index >= 15 is 0 Å². The van der Waals surface area contributed by atoms with Crippen LogP contribution in [-0.2, 0) is 11.2 Å². The second-order valence-electron chi connectivity index (χ2n) is 4.90. The van der Waals surface area contributed by atoms with Crippen LogP contribution < -0.4 is 14.8 Å². The molecule has 2 aromatic rings. The molecule has 0 fully saturated rings. The smallest absolute Gasteiger partial charge is 0.227 e. The molecule has 1 amide bonds. The summed E-state index contributed by atoms with van der Waals surface area (Å²) in [5.41, 5.74) is 0.751. The van der Waals surface area contributed by atoms with Crippen LogP contribution in [0.2, 0.25) is 0 Å². The predicted octanol–water partition coefficient (Wildman–Crippen LogP) is 2.38. The molecule has 1 aromatic heterocycles. The van der Waals surface area contributed by atoms with Crippen molar-refractivity contribution in [2.45, 2.75) is 19.8 Å². The van der Waals surface area contributed by atoms with Crippen molar-refractivity contribution in [1.82, 2.24) is 15.5 Å². The van der Waals surface area contributed by atoms with E-state index in [9.17, 15) is 4.79 Å². The molecule has 0 aliphatic heterocycles. The summed E-state index contributed by atoms with van der Waals surface area (Å²) in [7, 11) is 1.57. The lowest BCUT2D eigenvalue weighted by molar-refractivity contribution is -0.120. The number of aryl methyl sites for hydroxylation is 1. The number of nitrogens with zero attached hydrogens (tertiary/aromatic N) is 2. The first kappa shape index (κ1) is 17.5. The van der Waals surface area contributed by atoms with Crippen LogP contribution in [-0.4, -0.2) is 36.3 Å². The van der Waals surface area contributed by atoms with E-state index in [0.717, 1.165) is 5.56 Å². The highest BCUT2D eigenvalue weighted by Gasteiger charge is 2.13. The van der Waals surface area contributed by atoms with Crippen molar-refractivity contribution in [1.29, 1.82) is 0 Å². The molecule has 0 aliphatic carbocycles. The maximum atomic E-state index is 11.6. The van der Waals surface area contributed by atoms with Gasteiger partial charge in [-0.1, -0.05) is 11.2 Å². The number of aromatic nitrogens is 2. The number of hydrogen-bond donors (Lipinski definition) is 1. The Morgan fingerprint density at radius 3 is 2.96 bits per heavy atom. The molecule has 0 bridgehead atoms. The van der Waals surface area contributed by atoms with Gasteiger partial charge in [0.1, 0.15) is 0 Å². The zero-order chi connectivity index (χ0) is 17.4. The van der Waals surface area contributed by atoms with Gasteiger partial charge in [0.15, 0.2) is 11.5 Å². The first-order valence-electron chi connectivity index (χ1n) is 7.69. The lowest BCUT2D eigenvalue weighted by Crippen LogP contribution is -2.23. The van der Waals surface area contributed by atoms with Gasteiger partial charge in [0.2, 0.25) is 17.6 Å². The van der Waals surface area contributed by atoms with E-state index in [2.05, 4.69) is 22.0 Å². The molecule has 0 atom stereocenters. The Labute approximate surface area is 140 Å². The Bertz CT molecular complexity index is 697. The van der Waals surface area contributed by atoms with Crippen molar-refractivity contribution in [3.63, 3.8) is 0 Å². The molecular formula is C17H21N3O4. The Kier molecular flexibility index (Phi) is 6.36. The quantitative estimate of drug-likeness (QED) is 0.710. The standard InChI is InChI=1S/C17H21N3O4/c1-4-10-18-15(21)8-9-16-19-17(20-24-16)12-6-7-13(23-5-2)14(11-12)22-3/h4,6-7,11H,1,5,8-10H2,2-3H3,(H,18,21). The zero-order valence-corrected chi connectivity index (χ0v) is 13.9. The number of methoxy groups -OCH3 is 1. The minimum Gasteiger partial charge on any atom is -0.493 e. The number of benzene rings is 1. The van der Waals surface area contributed by atoms with Crippen LogP contribution in [0.15, 0.2) is 35.4 Å². The Balaban J connectivity index is 2.04. The maximum absolute atomic E-state index is 11.6. The first-order valence-corrected chi connectivity index (χ1v) is 7.69. The SMILES string of the molecule is C=CCNC(=O)CCc1nc(-c2ccc(OCC)c(OC)c2)no1. The lowest BCUT2D eigenvalue weighted by Gasteiger charge is -2.09. The lowest BCUT2D eigenvalue weighted by atomic mass is 10.2. The number of carbonyl (C=O) groups is 1. The summed E-state index contributed by atoms with van der Waals surface area (Å²) in [4.78, 5) is 15.9. The Morgan fingerprint density at radius 1 is 1.42 bits per heavy atom. The molecule has 24 heavy (non-hydrogen) atoms. The van der Waals surface area contributed by atoms with Crippen LogP contribution in [0.25, 0.3) is 11.4 Å². The van der Waals surface area contributed by atoms with Crippen molar-refractivity contribution in [2.24, 2.45) is 0 Å². The van der Waals surface area contributed by atoms with Crippen LogP contribution in [0.1, 0.15) is 19.2 Å². The van der Waals surface area contributed by atoms with Gasteiger partial charge in [-0.25, -0.2) is 0 Å². The molecule has 0 saturated carbocycles. The van der Waals surface area contributed by atoms with Gasteiger partial charge >= 0.3 is 0 Å². The summed E-state index contributed by atoms with van der Waals surface area (Å²) in [6.45, 7) is 6.45. The topological polar surface area (TPSA) is 86.5 Å². The normalized spacial score (nSPS) is 10.2. The molecule has 7 heteroatoms. The fourth-order valence-electron chi connectivity index (χ4n) is 2.05. The molecule has 0 saturated heterocycles. The monoisotopic (exact) mass is 331 g/mol. The third kappa shape index (κ3) is 4.58. The molecule has 2 rings (SSSR count). The number of amides is 1. The van der Waals surface area contributed by atoms with Gasteiger partial charge < -0.3 is 19.3 Å². The van der Waals surface area contributed by atoms with Crippen molar-refractivity contribution in [3.05, 3.63) is 36.7 Å². The van der Waals surface area contributed by atoms with Gasteiger partial charge in [0.25, 0.3) is 0 Å². The molecule has 1 N–H and O–H groups in total. The Morgan fingerprint density at radius 2 is 2.25 bits per heavy atom. The summed E-state index contributed by atoms with van der Waals surface area (Å²) in [6, 6.07) is 5.42. The van der Waals surface area contributed by atoms with Crippen molar-refractivity contribution in [3.8, 4) is 22.9 Å². The van der Waals surface area contributed by atoms with Gasteiger partial charge in [-0.15, -0.1) is 6.58 Å². The van der Waals surface area contributed by atoms with E-state index < -0.39 is 0 Å². The van der Waals surface area contributed by atoms with E-state index in [-0.39, 0.29) is 12.3 Å². The first-order chi connectivity index (χ1) is 11.7. The highest BCUT2D eigenvalue weighted by molar-refractivity contribution is 5.76. The number of rotatable bonds is 9. The molecule has 1 heterocycles. The van der Waals surface area contributed by atoms with Crippen LogP contribution in [0, 0.1) is 0 Å². The van der Waals surface area contributed by atoms with E-state index in [0.29, 0.717) is 42.8 Å². The van der Waals surface area contributed by atoms with Crippen LogP contribution >= 0.6 is 0 Å². The number of hydrogen-bond acceptors (Lipinski definition) is 6. The molecule has 7 nitrogen and oxygen atoms in total. The molecule has 0 spiro atoms. The largest absolute Gasteiger partial charge is 0.493 e. The zero-order valence-electron chi connectivity index (χ0n) is 13.9. The van der Waals surface area contributed by atoms with E-state index in [4.69, 9.17) is 14.0 Å². The van der Waals surface area contributed by atoms with Gasteiger partial charge in [0, 0.05) is 24.9 Å². The van der Waals surface area contributed by atoms with Gasteiger partial charge in [-0.3, -0.25) is 4.79 Å². The predicted molar refractivity (Wildman–Crippen MR) is 89.0 cm³/mol. The maximum Gasteiger partial charge on any atom is 0.227 e. The summed E-state index contributed by atoms with van der Waals surface area (Å²) in [5, 5.41) is 6.64. The molecular weight excluding hydrogens is 310 g/mol. The van der Waals surface area contributed by atoms with Crippen LogP contribution in [0.3, 0.4) is 0 Å². The Hall–Kier alpha value is -2.83. The number of ether oxygens (including phenoxy) is 2. The van der Waals surface area contributed by atoms with Gasteiger partial charge in [-0.2, -0.15) is 4.98 Å². The summed E-state index contributed by atoms with van der Waals surface area (Å²) in [6.07, 6.45) is 2.29. The number of nitrogens with one attached hydrogen (secondary N) is 1. The van der Waals surface area contributed by atoms with Gasteiger partial charge in [0.05, 0.1) is 13.7 Å². The average Bonchev–Trinajstić information content (AvgIpc) is 3.07. The fraction of sp³-hybridized carbons (Fsp3) is 0.353. The highest BCUT2D eigenvalue weighted by atomic mass is 16.5. The van der Waals surface area contributed by atoms with Crippen LogP contribution in [0.4, 0.5) is 0 Å². The molecule has 128 valence electrons. The van der Waals surface area contributed by atoms with E-state index in [1.54, 1.807) is 25.3 Å².